The van der Waals surface area contributed by atoms with Gasteiger partial charge in [0, 0.05) is 11.5 Å². The first-order valence-corrected chi connectivity index (χ1v) is 19.6. The molecule has 0 spiro atoms. The fraction of sp³-hybridized carbons (Fsp3) is 0.261. The zero-order valence-electron chi connectivity index (χ0n) is 32.5. The molecule has 0 fully saturated rings. The molecular formula is C46H48Cl2O4Zr2-2. The number of hydrogen-bond acceptors (Lipinski definition) is 4. The first-order chi connectivity index (χ1) is 25.1. The van der Waals surface area contributed by atoms with Gasteiger partial charge in [-0.25, -0.2) is 24.3 Å². The molecule has 0 heterocycles. The Morgan fingerprint density at radius 2 is 0.870 bits per heavy atom. The van der Waals surface area contributed by atoms with Crippen LogP contribution < -0.4 is 43.8 Å². The fourth-order valence-corrected chi connectivity index (χ4v) is 5.33. The van der Waals surface area contributed by atoms with Gasteiger partial charge in [0.1, 0.15) is 11.5 Å². The second kappa shape index (κ2) is 26.8. The average molecular weight is 918 g/mol. The van der Waals surface area contributed by atoms with Crippen LogP contribution in [-0.2, 0) is 61.3 Å². The Morgan fingerprint density at radius 1 is 0.519 bits per heavy atom. The van der Waals surface area contributed by atoms with E-state index < -0.39 is 0 Å². The third-order valence-electron chi connectivity index (χ3n) is 7.55. The van der Waals surface area contributed by atoms with Crippen LogP contribution in [0.15, 0.2) is 97.1 Å². The van der Waals surface area contributed by atoms with Gasteiger partial charge in [-0.1, -0.05) is 23.3 Å². The minimum atomic E-state index is 0. The van der Waals surface area contributed by atoms with Gasteiger partial charge in [0.25, 0.3) is 0 Å². The van der Waals surface area contributed by atoms with Crippen LogP contribution in [0.25, 0.3) is 22.3 Å². The summed E-state index contributed by atoms with van der Waals surface area (Å²) in [5, 5.41) is 0. The number of hydrogen-bond donors (Lipinski definition) is 0. The van der Waals surface area contributed by atoms with Crippen molar-refractivity contribution in [2.24, 2.45) is 0 Å². The van der Waals surface area contributed by atoms with Crippen molar-refractivity contribution in [2.75, 3.05) is 28.4 Å². The second-order valence-electron chi connectivity index (χ2n) is 12.2. The molecule has 4 aromatic rings. The van der Waals surface area contributed by atoms with Crippen LogP contribution >= 0.6 is 0 Å². The largest absolute Gasteiger partial charge is 1.00 e. The van der Waals surface area contributed by atoms with E-state index in [4.69, 9.17) is 18.9 Å². The molecule has 280 valence electrons. The third kappa shape index (κ3) is 16.5. The Kier molecular flexibility index (Phi) is 24.4. The molecule has 4 nitrogen and oxygen atoms in total. The Morgan fingerprint density at radius 3 is 1.13 bits per heavy atom. The molecule has 0 saturated carbocycles. The van der Waals surface area contributed by atoms with E-state index in [1.165, 1.54) is 50.9 Å². The van der Waals surface area contributed by atoms with Crippen molar-refractivity contribution in [3.63, 3.8) is 0 Å². The van der Waals surface area contributed by atoms with Gasteiger partial charge in [0.15, 0.2) is 0 Å². The summed E-state index contributed by atoms with van der Waals surface area (Å²) in [6.45, 7) is 8.49. The number of allylic oxidation sites excluding steroid dienone is 8. The van der Waals surface area contributed by atoms with Gasteiger partial charge in [-0.3, -0.25) is 12.2 Å². The standard InChI is InChI=1S/2C15H13O2.2C5H5.2C3H6.2ClH.2Zr/c2*1-16-12-3-5-14-10(8-12)7-11-9-13(17-2)4-6-15(11)14;2*1-2-4-5-3-1;2*1-3-2;;;;/h2*3-6,8H,7H2,1-2H3;2*1-3H,4H2;2*1-2H3;2*1H;;/q4*-1;;;;;2*+2/p-2. The molecule has 0 bridgehead atoms. The molecule has 4 aliphatic rings. The number of benzene rings is 4. The SMILES string of the molecule is COc1[c-]c2c(cc1)-c1ccc(OC)cc1C2.COc1[c-]c2c(cc1)-c1ccc(OC)cc1C2.C[C](C)=[Zr+2].C[C](C)=[Zr+2].[C-]1=CC=CC1.[C-]1=CC=CC1.[Cl-].[Cl-]. The van der Waals surface area contributed by atoms with Gasteiger partial charge in [-0.2, -0.15) is 24.3 Å². The summed E-state index contributed by atoms with van der Waals surface area (Å²) in [4.78, 5) is 0. The molecule has 0 amide bonds. The molecule has 0 aliphatic heterocycles. The Bertz CT molecular complexity index is 1660. The van der Waals surface area contributed by atoms with Crippen molar-refractivity contribution in [3.8, 4) is 45.3 Å². The van der Waals surface area contributed by atoms with E-state index in [0.29, 0.717) is 0 Å². The molecule has 0 radical (unpaired) electrons. The Hall–Kier alpha value is -2.87. The predicted molar refractivity (Wildman–Crippen MR) is 209 cm³/mol. The summed E-state index contributed by atoms with van der Waals surface area (Å²) in [5.74, 6) is 3.40. The molecule has 54 heavy (non-hydrogen) atoms. The van der Waals surface area contributed by atoms with Crippen LogP contribution in [0.2, 0.25) is 0 Å². The number of ether oxygens (including phenoxy) is 4. The quantitative estimate of drug-likeness (QED) is 0.248. The van der Waals surface area contributed by atoms with Crippen molar-refractivity contribution >= 4 is 6.41 Å². The van der Waals surface area contributed by atoms with Crippen molar-refractivity contribution < 1.29 is 92.2 Å². The second-order valence-corrected chi connectivity index (χ2v) is 17.2. The Labute approximate surface area is 366 Å². The van der Waals surface area contributed by atoms with Crippen LogP contribution in [-0.4, -0.2) is 34.9 Å². The van der Waals surface area contributed by atoms with E-state index in [9.17, 15) is 0 Å². The molecule has 0 atom stereocenters. The van der Waals surface area contributed by atoms with Crippen LogP contribution in [0.3, 0.4) is 0 Å². The van der Waals surface area contributed by atoms with E-state index in [0.717, 1.165) is 48.7 Å². The van der Waals surface area contributed by atoms with E-state index in [2.05, 4.69) is 101 Å². The summed E-state index contributed by atoms with van der Waals surface area (Å²) < 4.78 is 23.9. The fourth-order valence-electron chi connectivity index (χ4n) is 5.33. The van der Waals surface area contributed by atoms with E-state index in [1.54, 1.807) is 76.9 Å². The van der Waals surface area contributed by atoms with Gasteiger partial charge >= 0.3 is 82.6 Å². The van der Waals surface area contributed by atoms with Crippen LogP contribution in [0, 0.1) is 24.3 Å². The van der Waals surface area contributed by atoms with Crippen molar-refractivity contribution in [1.29, 1.82) is 0 Å². The van der Waals surface area contributed by atoms with Gasteiger partial charge < -0.3 is 43.8 Å². The minimum Gasteiger partial charge on any atom is -1.00 e. The van der Waals surface area contributed by atoms with E-state index >= 15 is 0 Å². The maximum Gasteiger partial charge on any atom is -0.109 e. The zero-order chi connectivity index (χ0) is 37.9. The number of methoxy groups -OCH3 is 4. The first kappa shape index (κ1) is 49.1. The molecule has 0 aromatic heterocycles. The molecule has 4 aromatic carbocycles. The Balaban J connectivity index is 0.000000365. The molecule has 0 N–H and O–H groups in total. The van der Waals surface area contributed by atoms with Crippen LogP contribution in [0.4, 0.5) is 0 Å². The normalized spacial score (nSPS) is 11.8. The monoisotopic (exact) mass is 914 g/mol. The smallest absolute Gasteiger partial charge is 0.109 e. The molecule has 8 heteroatoms. The maximum absolute atomic E-state index is 5.25. The van der Waals surface area contributed by atoms with E-state index in [-0.39, 0.29) is 24.8 Å². The van der Waals surface area contributed by atoms with Gasteiger partial charge in [-0.15, -0.1) is 59.4 Å². The third-order valence-corrected chi connectivity index (χ3v) is 7.55. The van der Waals surface area contributed by atoms with Crippen molar-refractivity contribution in [1.82, 2.24) is 0 Å². The summed E-state index contributed by atoms with van der Waals surface area (Å²) in [6, 6.07) is 27.1. The van der Waals surface area contributed by atoms with E-state index in [1.807, 2.05) is 48.6 Å². The zero-order valence-corrected chi connectivity index (χ0v) is 38.9. The van der Waals surface area contributed by atoms with Gasteiger partial charge in [0.2, 0.25) is 0 Å². The number of halogens is 2. The van der Waals surface area contributed by atoms with Crippen LogP contribution in [0.5, 0.6) is 23.0 Å². The van der Waals surface area contributed by atoms with Crippen molar-refractivity contribution in [2.45, 2.75) is 53.4 Å². The average Bonchev–Trinajstić information content (AvgIpc) is 3.98. The molecule has 0 saturated heterocycles. The molecular weight excluding hydrogens is 870 g/mol. The maximum atomic E-state index is 5.25. The summed E-state index contributed by atoms with van der Waals surface area (Å²) in [6.07, 6.45) is 21.8. The topological polar surface area (TPSA) is 36.9 Å². The number of fused-ring (bicyclic) bond motifs is 6. The molecule has 0 unspecified atom stereocenters. The molecule has 8 rings (SSSR count). The van der Waals surface area contributed by atoms with Crippen molar-refractivity contribution in [3.05, 3.63) is 144 Å². The summed E-state index contributed by atoms with van der Waals surface area (Å²) >= 11 is 3.11. The minimum absolute atomic E-state index is 0. The summed E-state index contributed by atoms with van der Waals surface area (Å²) in [7, 11) is 6.73. The van der Waals surface area contributed by atoms with Gasteiger partial charge in [-0.05, 0) is 48.2 Å². The number of rotatable bonds is 4. The predicted octanol–water partition coefficient (Wildman–Crippen LogP) is 4.26. The summed E-state index contributed by atoms with van der Waals surface area (Å²) in [5.41, 5.74) is 10.1. The van der Waals surface area contributed by atoms with Gasteiger partial charge in [0.05, 0.1) is 28.4 Å². The first-order valence-electron chi connectivity index (χ1n) is 17.1. The van der Waals surface area contributed by atoms with Crippen LogP contribution in [0.1, 0.15) is 62.8 Å². The molecule has 4 aliphatic carbocycles.